The summed E-state index contributed by atoms with van der Waals surface area (Å²) in [5.74, 6) is 1.83. The summed E-state index contributed by atoms with van der Waals surface area (Å²) in [5, 5.41) is 9.14. The molecule has 1 N–H and O–H groups in total. The maximum absolute atomic E-state index is 9.14. The van der Waals surface area contributed by atoms with Crippen LogP contribution in [-0.4, -0.2) is 18.8 Å². The summed E-state index contributed by atoms with van der Waals surface area (Å²) in [5.41, 5.74) is 2.37. The summed E-state index contributed by atoms with van der Waals surface area (Å²) < 4.78 is 5.47. The fourth-order valence-corrected chi connectivity index (χ4v) is 2.23. The van der Waals surface area contributed by atoms with Crippen molar-refractivity contribution in [3.63, 3.8) is 0 Å². The number of benzene rings is 1. The number of aliphatic hydroxyl groups is 1. The van der Waals surface area contributed by atoms with Gasteiger partial charge in [-0.05, 0) is 36.3 Å². The summed E-state index contributed by atoms with van der Waals surface area (Å²) >= 11 is 0. The highest BCUT2D eigenvalue weighted by atomic mass is 16.5. The molecule has 0 fully saturated rings. The van der Waals surface area contributed by atoms with Crippen LogP contribution in [0, 0.1) is 12.8 Å². The van der Waals surface area contributed by atoms with E-state index in [2.05, 4.69) is 39.0 Å². The Kier molecular flexibility index (Phi) is 4.81. The van der Waals surface area contributed by atoms with Gasteiger partial charge in [-0.1, -0.05) is 32.0 Å². The number of hydrogen-bond acceptors (Lipinski definition) is 2. The summed E-state index contributed by atoms with van der Waals surface area (Å²) in [6.45, 7) is 6.64. The van der Waals surface area contributed by atoms with Gasteiger partial charge in [-0.2, -0.15) is 0 Å². The molecule has 0 aliphatic heterocycles. The van der Waals surface area contributed by atoms with E-state index >= 15 is 0 Å². The van der Waals surface area contributed by atoms with Gasteiger partial charge >= 0.3 is 0 Å². The number of para-hydroxylation sites is 1. The third-order valence-electron chi connectivity index (χ3n) is 3.09. The Hall–Kier alpha value is -1.02. The Labute approximate surface area is 98.3 Å². The highest BCUT2D eigenvalue weighted by Crippen LogP contribution is 2.35. The van der Waals surface area contributed by atoms with E-state index in [0.29, 0.717) is 11.8 Å². The highest BCUT2D eigenvalue weighted by Gasteiger charge is 2.19. The lowest BCUT2D eigenvalue weighted by molar-refractivity contribution is 0.259. The molecule has 0 saturated carbocycles. The van der Waals surface area contributed by atoms with Crippen molar-refractivity contribution in [2.24, 2.45) is 5.92 Å². The van der Waals surface area contributed by atoms with Crippen LogP contribution < -0.4 is 4.74 Å². The summed E-state index contributed by atoms with van der Waals surface area (Å²) in [6.07, 6.45) is 0.789. The van der Waals surface area contributed by atoms with Gasteiger partial charge in [-0.15, -0.1) is 0 Å². The first-order valence-electron chi connectivity index (χ1n) is 5.86. The molecule has 0 heterocycles. The minimum Gasteiger partial charge on any atom is -0.496 e. The van der Waals surface area contributed by atoms with E-state index in [1.54, 1.807) is 7.11 Å². The summed E-state index contributed by atoms with van der Waals surface area (Å²) in [7, 11) is 1.71. The molecule has 1 rings (SSSR count). The molecule has 1 atom stereocenters. The Morgan fingerprint density at radius 1 is 1.31 bits per heavy atom. The fourth-order valence-electron chi connectivity index (χ4n) is 2.23. The molecule has 2 heteroatoms. The van der Waals surface area contributed by atoms with Crippen LogP contribution >= 0.6 is 0 Å². The van der Waals surface area contributed by atoms with Crippen molar-refractivity contribution >= 4 is 0 Å². The predicted molar refractivity (Wildman–Crippen MR) is 67.0 cm³/mol. The van der Waals surface area contributed by atoms with Gasteiger partial charge in [-0.25, -0.2) is 0 Å². The SMILES string of the molecule is COc1c(C)cccc1C(CCO)C(C)C. The van der Waals surface area contributed by atoms with Gasteiger partial charge in [0, 0.05) is 6.61 Å². The number of ether oxygens (including phenoxy) is 1. The largest absolute Gasteiger partial charge is 0.496 e. The van der Waals surface area contributed by atoms with Gasteiger partial charge in [0.05, 0.1) is 7.11 Å². The number of aliphatic hydroxyl groups excluding tert-OH is 1. The minimum atomic E-state index is 0.222. The van der Waals surface area contributed by atoms with E-state index in [4.69, 9.17) is 9.84 Å². The molecule has 0 bridgehead atoms. The fraction of sp³-hybridized carbons (Fsp3) is 0.571. The quantitative estimate of drug-likeness (QED) is 0.829. The van der Waals surface area contributed by atoms with Crippen LogP contribution in [0.25, 0.3) is 0 Å². The Balaban J connectivity index is 3.12. The topological polar surface area (TPSA) is 29.5 Å². The van der Waals surface area contributed by atoms with Crippen molar-refractivity contribution in [2.45, 2.75) is 33.1 Å². The van der Waals surface area contributed by atoms with Crippen molar-refractivity contribution in [3.05, 3.63) is 29.3 Å². The van der Waals surface area contributed by atoms with Crippen LogP contribution in [0.4, 0.5) is 0 Å². The van der Waals surface area contributed by atoms with E-state index in [9.17, 15) is 0 Å². The molecule has 0 saturated heterocycles. The molecule has 1 aromatic rings. The van der Waals surface area contributed by atoms with Crippen molar-refractivity contribution in [2.75, 3.05) is 13.7 Å². The van der Waals surface area contributed by atoms with Gasteiger partial charge in [0.15, 0.2) is 0 Å². The first kappa shape index (κ1) is 13.0. The molecule has 0 radical (unpaired) electrons. The zero-order valence-electron chi connectivity index (χ0n) is 10.7. The number of aryl methyl sites for hydroxylation is 1. The zero-order valence-corrected chi connectivity index (χ0v) is 10.7. The maximum atomic E-state index is 9.14. The van der Waals surface area contributed by atoms with E-state index in [1.807, 2.05) is 0 Å². The molecule has 0 aliphatic carbocycles. The van der Waals surface area contributed by atoms with Crippen LogP contribution in [0.15, 0.2) is 18.2 Å². The van der Waals surface area contributed by atoms with Crippen LogP contribution in [0.1, 0.15) is 37.3 Å². The second-order valence-corrected chi connectivity index (χ2v) is 4.56. The lowest BCUT2D eigenvalue weighted by atomic mass is 9.84. The molecule has 2 nitrogen and oxygen atoms in total. The Morgan fingerprint density at radius 2 is 2.00 bits per heavy atom. The third-order valence-corrected chi connectivity index (χ3v) is 3.09. The lowest BCUT2D eigenvalue weighted by Gasteiger charge is -2.23. The molecule has 0 aliphatic rings. The van der Waals surface area contributed by atoms with E-state index in [1.165, 1.54) is 5.56 Å². The summed E-state index contributed by atoms with van der Waals surface area (Å²) in [6, 6.07) is 6.21. The van der Waals surface area contributed by atoms with E-state index in [0.717, 1.165) is 17.7 Å². The van der Waals surface area contributed by atoms with Crippen LogP contribution in [0.5, 0.6) is 5.75 Å². The first-order chi connectivity index (χ1) is 7.61. The molecule has 0 amide bonds. The molecule has 1 aromatic carbocycles. The minimum absolute atomic E-state index is 0.222. The zero-order chi connectivity index (χ0) is 12.1. The molecule has 1 unspecified atom stereocenters. The standard InChI is InChI=1S/C14H22O2/c1-10(2)12(8-9-15)13-7-5-6-11(3)14(13)16-4/h5-7,10,12,15H,8-9H2,1-4H3. The number of rotatable bonds is 5. The predicted octanol–water partition coefficient (Wildman–Crippen LogP) is 3.13. The maximum Gasteiger partial charge on any atom is 0.125 e. The van der Waals surface area contributed by atoms with Gasteiger partial charge in [0.1, 0.15) is 5.75 Å². The monoisotopic (exact) mass is 222 g/mol. The van der Waals surface area contributed by atoms with Crippen LogP contribution in [-0.2, 0) is 0 Å². The average molecular weight is 222 g/mol. The molecule has 16 heavy (non-hydrogen) atoms. The third kappa shape index (κ3) is 2.76. The van der Waals surface area contributed by atoms with Gasteiger partial charge in [-0.3, -0.25) is 0 Å². The average Bonchev–Trinajstić information content (AvgIpc) is 2.25. The number of methoxy groups -OCH3 is 1. The lowest BCUT2D eigenvalue weighted by Crippen LogP contribution is -2.10. The van der Waals surface area contributed by atoms with E-state index in [-0.39, 0.29) is 6.61 Å². The molecular weight excluding hydrogens is 200 g/mol. The highest BCUT2D eigenvalue weighted by molar-refractivity contribution is 5.43. The van der Waals surface area contributed by atoms with Crippen molar-refractivity contribution in [3.8, 4) is 5.75 Å². The molecule has 90 valence electrons. The second-order valence-electron chi connectivity index (χ2n) is 4.56. The van der Waals surface area contributed by atoms with E-state index < -0.39 is 0 Å². The normalized spacial score (nSPS) is 12.9. The van der Waals surface area contributed by atoms with Gasteiger partial charge in [0.2, 0.25) is 0 Å². The smallest absolute Gasteiger partial charge is 0.125 e. The van der Waals surface area contributed by atoms with Gasteiger partial charge < -0.3 is 9.84 Å². The van der Waals surface area contributed by atoms with Crippen LogP contribution in [0.3, 0.4) is 0 Å². The second kappa shape index (κ2) is 5.90. The Bertz CT molecular complexity index is 332. The van der Waals surface area contributed by atoms with Crippen molar-refractivity contribution in [1.29, 1.82) is 0 Å². The van der Waals surface area contributed by atoms with Crippen molar-refractivity contribution in [1.82, 2.24) is 0 Å². The van der Waals surface area contributed by atoms with Crippen LogP contribution in [0.2, 0.25) is 0 Å². The molecule has 0 aromatic heterocycles. The Morgan fingerprint density at radius 3 is 2.50 bits per heavy atom. The molecular formula is C14H22O2. The summed E-state index contributed by atoms with van der Waals surface area (Å²) in [4.78, 5) is 0. The first-order valence-corrected chi connectivity index (χ1v) is 5.86. The van der Waals surface area contributed by atoms with Gasteiger partial charge in [0.25, 0.3) is 0 Å². The number of hydrogen-bond donors (Lipinski definition) is 1. The molecule has 0 spiro atoms. The van der Waals surface area contributed by atoms with Crippen molar-refractivity contribution < 1.29 is 9.84 Å².